The molecule has 2 aromatic rings. The normalized spacial score (nSPS) is 10.6. The van der Waals surface area contributed by atoms with Crippen LogP contribution >= 0.6 is 12.6 Å². The van der Waals surface area contributed by atoms with Gasteiger partial charge in [-0.3, -0.25) is 9.78 Å². The minimum absolute atomic E-state index is 0.205. The summed E-state index contributed by atoms with van der Waals surface area (Å²) in [4.78, 5) is 29.2. The summed E-state index contributed by atoms with van der Waals surface area (Å²) in [7, 11) is 0. The molecule has 0 unspecified atom stereocenters. The Labute approximate surface area is 151 Å². The van der Waals surface area contributed by atoms with Crippen LogP contribution in [0.15, 0.2) is 30.3 Å². The van der Waals surface area contributed by atoms with Gasteiger partial charge in [0.1, 0.15) is 13.3 Å². The van der Waals surface area contributed by atoms with Crippen LogP contribution < -0.4 is 0 Å². The number of benzene rings is 1. The number of carbonyl (C=O) groups excluding carboxylic acids is 2. The van der Waals surface area contributed by atoms with Gasteiger partial charge in [-0.1, -0.05) is 44.2 Å². The van der Waals surface area contributed by atoms with Crippen molar-refractivity contribution in [3.05, 3.63) is 52.7 Å². The van der Waals surface area contributed by atoms with Crippen LogP contribution in [0.4, 0.5) is 4.39 Å². The Balaban J connectivity index is 2.80. The van der Waals surface area contributed by atoms with Crippen molar-refractivity contribution in [3.8, 4) is 11.3 Å². The predicted octanol–water partition coefficient (Wildman–Crippen LogP) is 4.07. The van der Waals surface area contributed by atoms with E-state index in [2.05, 4.69) is 17.6 Å². The molecule has 0 aliphatic heterocycles. The van der Waals surface area contributed by atoms with Crippen molar-refractivity contribution in [1.29, 1.82) is 0 Å². The lowest BCUT2D eigenvalue weighted by atomic mass is 9.93. The molecule has 1 aromatic carbocycles. The first-order valence-electron chi connectivity index (χ1n) is 8.12. The zero-order valence-electron chi connectivity index (χ0n) is 14.2. The third kappa shape index (κ3) is 4.07. The van der Waals surface area contributed by atoms with Crippen molar-refractivity contribution in [2.75, 3.05) is 13.3 Å². The Morgan fingerprint density at radius 3 is 2.32 bits per heavy atom. The minimum atomic E-state index is -0.771. The van der Waals surface area contributed by atoms with Crippen molar-refractivity contribution < 1.29 is 18.7 Å². The van der Waals surface area contributed by atoms with Crippen LogP contribution in [0.25, 0.3) is 11.3 Å². The lowest BCUT2D eigenvalue weighted by Crippen LogP contribution is -2.18. The summed E-state index contributed by atoms with van der Waals surface area (Å²) >= 11 is 3.95. The first-order valence-corrected chi connectivity index (χ1v) is 8.57. The first kappa shape index (κ1) is 19.1. The topological polar surface area (TPSA) is 56.3 Å². The number of carbonyl (C=O) groups is 2. The van der Waals surface area contributed by atoms with Gasteiger partial charge in [0.05, 0.1) is 22.5 Å². The number of alkyl halides is 1. The van der Waals surface area contributed by atoms with Crippen LogP contribution in [-0.4, -0.2) is 29.4 Å². The van der Waals surface area contributed by atoms with E-state index in [-0.39, 0.29) is 12.2 Å². The fourth-order valence-electron chi connectivity index (χ4n) is 2.78. The van der Waals surface area contributed by atoms with Crippen LogP contribution in [0.5, 0.6) is 0 Å². The maximum atomic E-state index is 12.6. The van der Waals surface area contributed by atoms with E-state index in [1.165, 1.54) is 0 Å². The summed E-state index contributed by atoms with van der Waals surface area (Å²) in [6.45, 7) is 2.62. The van der Waals surface area contributed by atoms with E-state index in [4.69, 9.17) is 4.74 Å². The second kappa shape index (κ2) is 8.76. The molecule has 0 N–H and O–H groups in total. The summed E-state index contributed by atoms with van der Waals surface area (Å²) in [6, 6.07) is 9.19. The number of thiol groups is 1. The van der Waals surface area contributed by atoms with Crippen LogP contribution in [0.2, 0.25) is 0 Å². The van der Waals surface area contributed by atoms with E-state index in [0.717, 1.165) is 5.56 Å². The maximum absolute atomic E-state index is 12.6. The zero-order valence-corrected chi connectivity index (χ0v) is 15.1. The number of nitrogens with zero attached hydrogens (tertiary/aromatic N) is 1. The van der Waals surface area contributed by atoms with Gasteiger partial charge in [0.2, 0.25) is 5.12 Å². The maximum Gasteiger partial charge on any atom is 0.340 e. The van der Waals surface area contributed by atoms with Crippen molar-refractivity contribution in [2.24, 2.45) is 0 Å². The fraction of sp³-hybridized carbons (Fsp3) is 0.316. The Hall–Kier alpha value is -2.21. The zero-order chi connectivity index (χ0) is 18.4. The molecule has 1 heterocycles. The average molecular weight is 361 g/mol. The van der Waals surface area contributed by atoms with Gasteiger partial charge in [-0.25, -0.2) is 9.18 Å². The van der Waals surface area contributed by atoms with Crippen LogP contribution in [0.1, 0.15) is 45.8 Å². The predicted molar refractivity (Wildman–Crippen MR) is 98.0 cm³/mol. The second-order valence-electron chi connectivity index (χ2n) is 5.34. The molecule has 0 spiro atoms. The third-order valence-corrected chi connectivity index (χ3v) is 4.06. The van der Waals surface area contributed by atoms with Crippen molar-refractivity contribution in [2.45, 2.75) is 26.7 Å². The summed E-state index contributed by atoms with van der Waals surface area (Å²) in [5, 5.41) is -0.444. The molecule has 0 saturated heterocycles. The monoisotopic (exact) mass is 361 g/mol. The van der Waals surface area contributed by atoms with Crippen molar-refractivity contribution in [3.63, 3.8) is 0 Å². The molecule has 0 aliphatic rings. The van der Waals surface area contributed by atoms with E-state index < -0.39 is 17.8 Å². The number of aromatic nitrogens is 1. The highest BCUT2D eigenvalue weighted by atomic mass is 32.1. The first-order chi connectivity index (χ1) is 12.0. The van der Waals surface area contributed by atoms with Gasteiger partial charge in [0.25, 0.3) is 0 Å². The highest BCUT2D eigenvalue weighted by Gasteiger charge is 2.26. The molecule has 25 heavy (non-hydrogen) atoms. The molecular formula is C19H20FNO3S. The standard InChI is InChI=1S/C19H20FNO3S/c1-3-13-15(19(23)25)14(4-2)21-17(12-8-6-5-7-9-12)16(13)18(22)24-11-10-20/h5-9H,3-4,10-11H2,1-2H3,(H,23,25). The third-order valence-electron chi connectivity index (χ3n) is 3.84. The van der Waals surface area contributed by atoms with Gasteiger partial charge in [0, 0.05) is 5.56 Å². The number of hydrogen-bond donors (Lipinski definition) is 1. The van der Waals surface area contributed by atoms with Gasteiger partial charge < -0.3 is 4.74 Å². The molecule has 6 heteroatoms. The van der Waals surface area contributed by atoms with Crippen molar-refractivity contribution >= 4 is 23.7 Å². The van der Waals surface area contributed by atoms with Gasteiger partial charge in [0.15, 0.2) is 0 Å². The molecule has 2 rings (SSSR count). The van der Waals surface area contributed by atoms with E-state index in [1.807, 2.05) is 44.2 Å². The molecular weight excluding hydrogens is 341 g/mol. The minimum Gasteiger partial charge on any atom is -0.459 e. The quantitative estimate of drug-likeness (QED) is 0.597. The lowest BCUT2D eigenvalue weighted by molar-refractivity contribution is 0.0480. The number of pyridine rings is 1. The molecule has 0 bridgehead atoms. The van der Waals surface area contributed by atoms with Gasteiger partial charge in [-0.15, -0.1) is 12.6 Å². The van der Waals surface area contributed by atoms with E-state index in [0.29, 0.717) is 35.4 Å². The molecule has 0 fully saturated rings. The van der Waals surface area contributed by atoms with Crippen LogP contribution in [0.3, 0.4) is 0 Å². The van der Waals surface area contributed by atoms with Gasteiger partial charge in [-0.05, 0) is 18.4 Å². The largest absolute Gasteiger partial charge is 0.459 e. The highest BCUT2D eigenvalue weighted by molar-refractivity contribution is 7.97. The van der Waals surface area contributed by atoms with E-state index in [1.54, 1.807) is 0 Å². The number of halogens is 1. The molecule has 132 valence electrons. The number of rotatable bonds is 7. The van der Waals surface area contributed by atoms with Gasteiger partial charge >= 0.3 is 5.97 Å². The Morgan fingerprint density at radius 1 is 1.12 bits per heavy atom. The Kier molecular flexibility index (Phi) is 6.70. The van der Waals surface area contributed by atoms with Gasteiger partial charge in [-0.2, -0.15) is 0 Å². The Bertz CT molecular complexity index is 778. The van der Waals surface area contributed by atoms with Crippen LogP contribution in [-0.2, 0) is 17.6 Å². The molecule has 0 amide bonds. The van der Waals surface area contributed by atoms with Crippen LogP contribution in [0, 0.1) is 0 Å². The summed E-state index contributed by atoms with van der Waals surface area (Å²) in [5.74, 6) is -0.681. The molecule has 4 nitrogen and oxygen atoms in total. The molecule has 1 aromatic heterocycles. The summed E-state index contributed by atoms with van der Waals surface area (Å²) in [5.41, 5.74) is 2.83. The highest BCUT2D eigenvalue weighted by Crippen LogP contribution is 2.31. The average Bonchev–Trinajstić information content (AvgIpc) is 2.64. The lowest BCUT2D eigenvalue weighted by Gasteiger charge is -2.18. The molecule has 0 atom stereocenters. The molecule has 0 saturated carbocycles. The summed E-state index contributed by atoms with van der Waals surface area (Å²) in [6.07, 6.45) is 0.950. The number of esters is 1. The summed E-state index contributed by atoms with van der Waals surface area (Å²) < 4.78 is 17.4. The molecule has 0 radical (unpaired) electrons. The number of aryl methyl sites for hydroxylation is 1. The van der Waals surface area contributed by atoms with E-state index in [9.17, 15) is 14.0 Å². The van der Waals surface area contributed by atoms with Crippen molar-refractivity contribution in [1.82, 2.24) is 4.98 Å². The number of hydrogen-bond acceptors (Lipinski definition) is 4. The molecule has 0 aliphatic carbocycles. The fourth-order valence-corrected chi connectivity index (χ4v) is 3.04. The second-order valence-corrected chi connectivity index (χ2v) is 5.75. The Morgan fingerprint density at radius 2 is 1.80 bits per heavy atom. The SMILES string of the molecule is CCc1nc(-c2ccccc2)c(C(=O)OCCF)c(CC)c1C(=O)S. The number of ether oxygens (including phenoxy) is 1. The van der Waals surface area contributed by atoms with E-state index >= 15 is 0 Å². The smallest absolute Gasteiger partial charge is 0.340 e.